The third-order valence-corrected chi connectivity index (χ3v) is 7.79. The predicted molar refractivity (Wildman–Crippen MR) is 148 cm³/mol. The van der Waals surface area contributed by atoms with E-state index in [4.69, 9.17) is 9.97 Å². The van der Waals surface area contributed by atoms with Crippen molar-refractivity contribution in [1.82, 2.24) is 9.97 Å². The maximum Gasteiger partial charge on any atom is 0.134 e. The summed E-state index contributed by atoms with van der Waals surface area (Å²) in [6.07, 6.45) is 3.72. The SMILES string of the molecule is CC(C)(C)N1CC(C(C)(C)C)(C(C)(C)C)c2c(CN(c3ccccn3)c3ccccn3)cccc21. The third kappa shape index (κ3) is 4.32. The molecule has 186 valence electrons. The first kappa shape index (κ1) is 25.2. The largest absolute Gasteiger partial charge is 0.366 e. The highest BCUT2D eigenvalue weighted by molar-refractivity contribution is 5.69. The molecule has 35 heavy (non-hydrogen) atoms. The van der Waals surface area contributed by atoms with E-state index in [2.05, 4.69) is 102 Å². The van der Waals surface area contributed by atoms with E-state index in [1.54, 1.807) is 0 Å². The van der Waals surface area contributed by atoms with Gasteiger partial charge in [0.1, 0.15) is 11.6 Å². The molecule has 0 unspecified atom stereocenters. The second-order valence-corrected chi connectivity index (χ2v) is 12.9. The van der Waals surface area contributed by atoms with E-state index >= 15 is 0 Å². The van der Waals surface area contributed by atoms with Gasteiger partial charge < -0.3 is 9.80 Å². The van der Waals surface area contributed by atoms with Crippen LogP contribution in [0.1, 0.15) is 73.4 Å². The molecule has 3 heterocycles. The number of hydrogen-bond acceptors (Lipinski definition) is 4. The maximum atomic E-state index is 4.71. The number of hydrogen-bond donors (Lipinski definition) is 0. The molecule has 0 fully saturated rings. The zero-order valence-corrected chi connectivity index (χ0v) is 23.1. The Bertz CT molecular complexity index is 1100. The van der Waals surface area contributed by atoms with Gasteiger partial charge in [0.2, 0.25) is 0 Å². The van der Waals surface area contributed by atoms with Crippen LogP contribution < -0.4 is 9.80 Å². The molecule has 3 aromatic rings. The van der Waals surface area contributed by atoms with Crippen molar-refractivity contribution in [2.45, 2.75) is 79.8 Å². The summed E-state index contributed by atoms with van der Waals surface area (Å²) in [5.41, 5.74) is 4.27. The Balaban J connectivity index is 1.97. The summed E-state index contributed by atoms with van der Waals surface area (Å²) in [6.45, 7) is 23.2. The molecule has 1 aromatic carbocycles. The number of nitrogens with zero attached hydrogens (tertiary/aromatic N) is 4. The van der Waals surface area contributed by atoms with Crippen molar-refractivity contribution in [3.63, 3.8) is 0 Å². The molecule has 0 saturated heterocycles. The maximum absolute atomic E-state index is 4.71. The lowest BCUT2D eigenvalue weighted by Gasteiger charge is -2.53. The summed E-state index contributed by atoms with van der Waals surface area (Å²) < 4.78 is 0. The standard InChI is InChI=1S/C31H42N4/c1-28(2,3)31(29(4,5)6)22-35(30(7,8)9)24-16-14-15-23(27(24)31)21-34(25-17-10-12-19-32-25)26-18-11-13-20-33-26/h10-20H,21-22H2,1-9H3. The molecule has 1 aliphatic heterocycles. The van der Waals surface area contributed by atoms with Crippen LogP contribution in [0.3, 0.4) is 0 Å². The smallest absolute Gasteiger partial charge is 0.134 e. The van der Waals surface area contributed by atoms with Crippen LogP contribution in [0, 0.1) is 10.8 Å². The van der Waals surface area contributed by atoms with Gasteiger partial charge in [-0.1, -0.05) is 65.8 Å². The summed E-state index contributed by atoms with van der Waals surface area (Å²) >= 11 is 0. The van der Waals surface area contributed by atoms with E-state index in [0.717, 1.165) is 18.2 Å². The highest BCUT2D eigenvalue weighted by atomic mass is 15.2. The van der Waals surface area contributed by atoms with Crippen LogP contribution in [0.15, 0.2) is 67.0 Å². The van der Waals surface area contributed by atoms with Crippen LogP contribution in [0.25, 0.3) is 0 Å². The highest BCUT2D eigenvalue weighted by Gasteiger charge is 2.59. The van der Waals surface area contributed by atoms with Crippen molar-refractivity contribution < 1.29 is 0 Å². The molecule has 0 amide bonds. The number of anilines is 3. The molecule has 0 N–H and O–H groups in total. The van der Waals surface area contributed by atoms with E-state index in [9.17, 15) is 0 Å². The van der Waals surface area contributed by atoms with Crippen LogP contribution in [-0.4, -0.2) is 22.1 Å². The normalized spacial score (nSPS) is 15.7. The lowest BCUT2D eigenvalue weighted by molar-refractivity contribution is 0.0628. The van der Waals surface area contributed by atoms with Gasteiger partial charge in [-0.3, -0.25) is 0 Å². The topological polar surface area (TPSA) is 32.3 Å². The van der Waals surface area contributed by atoms with Crippen molar-refractivity contribution in [3.05, 3.63) is 78.1 Å². The summed E-state index contributed by atoms with van der Waals surface area (Å²) in [7, 11) is 0. The number of fused-ring (bicyclic) bond motifs is 1. The zero-order valence-electron chi connectivity index (χ0n) is 23.1. The minimum atomic E-state index is -0.0426. The summed E-state index contributed by atoms with van der Waals surface area (Å²) in [5.74, 6) is 1.82. The Morgan fingerprint density at radius 1 is 0.743 bits per heavy atom. The van der Waals surface area contributed by atoms with Gasteiger partial charge in [0.05, 0.1) is 6.54 Å². The van der Waals surface area contributed by atoms with Crippen molar-refractivity contribution in [2.75, 3.05) is 16.3 Å². The molecule has 2 aromatic heterocycles. The van der Waals surface area contributed by atoms with Crippen LogP contribution in [0.2, 0.25) is 0 Å². The van der Waals surface area contributed by atoms with E-state index < -0.39 is 0 Å². The molecule has 0 bridgehead atoms. The van der Waals surface area contributed by atoms with Crippen molar-refractivity contribution in [3.8, 4) is 0 Å². The van der Waals surface area contributed by atoms with Gasteiger partial charge >= 0.3 is 0 Å². The van der Waals surface area contributed by atoms with Crippen LogP contribution in [-0.2, 0) is 12.0 Å². The van der Waals surface area contributed by atoms with Gasteiger partial charge in [0.25, 0.3) is 0 Å². The number of pyridine rings is 2. The van der Waals surface area contributed by atoms with Gasteiger partial charge in [-0.15, -0.1) is 0 Å². The van der Waals surface area contributed by atoms with Crippen LogP contribution in [0.5, 0.6) is 0 Å². The van der Waals surface area contributed by atoms with Crippen LogP contribution >= 0.6 is 0 Å². The molecule has 0 saturated carbocycles. The average Bonchev–Trinajstić information content (AvgIpc) is 3.17. The first-order valence-corrected chi connectivity index (χ1v) is 12.8. The Morgan fingerprint density at radius 3 is 1.71 bits per heavy atom. The fourth-order valence-corrected chi connectivity index (χ4v) is 6.26. The minimum absolute atomic E-state index is 0.0211. The van der Waals surface area contributed by atoms with E-state index in [1.807, 2.05) is 36.7 Å². The monoisotopic (exact) mass is 470 g/mol. The molecule has 4 nitrogen and oxygen atoms in total. The van der Waals surface area contributed by atoms with E-state index in [1.165, 1.54) is 16.8 Å². The first-order chi connectivity index (χ1) is 16.3. The first-order valence-electron chi connectivity index (χ1n) is 12.8. The molecule has 4 rings (SSSR count). The second-order valence-electron chi connectivity index (χ2n) is 12.9. The van der Waals surface area contributed by atoms with Crippen LogP contribution in [0.4, 0.5) is 17.3 Å². The van der Waals surface area contributed by atoms with Crippen molar-refractivity contribution >= 4 is 17.3 Å². The average molecular weight is 471 g/mol. The Morgan fingerprint density at radius 2 is 1.29 bits per heavy atom. The van der Waals surface area contributed by atoms with E-state index in [-0.39, 0.29) is 21.8 Å². The Kier molecular flexibility index (Phi) is 6.24. The molecular formula is C31H42N4. The summed E-state index contributed by atoms with van der Waals surface area (Å²) in [6, 6.07) is 19.0. The van der Waals surface area contributed by atoms with Gasteiger partial charge in [0, 0.05) is 35.6 Å². The fraction of sp³-hybridized carbons (Fsp3) is 0.484. The summed E-state index contributed by atoms with van der Waals surface area (Å²) in [4.78, 5) is 14.3. The molecule has 0 aliphatic carbocycles. The molecule has 4 heteroatoms. The van der Waals surface area contributed by atoms with Gasteiger partial charge in [0.15, 0.2) is 0 Å². The number of benzene rings is 1. The van der Waals surface area contributed by atoms with Gasteiger partial charge in [-0.25, -0.2) is 9.97 Å². The Hall–Kier alpha value is -2.88. The fourth-order valence-electron chi connectivity index (χ4n) is 6.26. The molecule has 0 radical (unpaired) electrons. The molecular weight excluding hydrogens is 428 g/mol. The molecule has 0 spiro atoms. The number of rotatable bonds is 4. The highest BCUT2D eigenvalue weighted by Crippen LogP contribution is 2.61. The molecule has 1 aliphatic rings. The molecule has 0 atom stereocenters. The van der Waals surface area contributed by atoms with Gasteiger partial charge in [-0.05, 0) is 73.1 Å². The third-order valence-electron chi connectivity index (χ3n) is 7.79. The van der Waals surface area contributed by atoms with Gasteiger partial charge in [-0.2, -0.15) is 0 Å². The quantitative estimate of drug-likeness (QED) is 0.390. The Labute approximate surface area is 212 Å². The second kappa shape index (κ2) is 8.65. The van der Waals surface area contributed by atoms with Crippen molar-refractivity contribution in [2.24, 2.45) is 10.8 Å². The lowest BCUT2D eigenvalue weighted by atomic mass is 9.51. The minimum Gasteiger partial charge on any atom is -0.366 e. The lowest BCUT2D eigenvalue weighted by Crippen LogP contribution is -2.55. The van der Waals surface area contributed by atoms with Crippen molar-refractivity contribution in [1.29, 1.82) is 0 Å². The van der Waals surface area contributed by atoms with E-state index in [0.29, 0.717) is 6.54 Å². The summed E-state index contributed by atoms with van der Waals surface area (Å²) in [5, 5.41) is 0. The number of aromatic nitrogens is 2. The predicted octanol–water partition coefficient (Wildman–Crippen LogP) is 7.76. The zero-order chi connectivity index (χ0) is 25.6.